The number of quaternary nitrogens is 1. The first kappa shape index (κ1) is 17.0. The molecule has 3 rings (SSSR count). The van der Waals surface area contributed by atoms with Crippen LogP contribution in [-0.2, 0) is 12.0 Å². The Morgan fingerprint density at radius 2 is 1.54 bits per heavy atom. The van der Waals surface area contributed by atoms with Gasteiger partial charge in [0.05, 0.1) is 13.1 Å². The average molecular weight is 324 g/mol. The van der Waals surface area contributed by atoms with Gasteiger partial charge in [0.15, 0.2) is 0 Å². The van der Waals surface area contributed by atoms with Gasteiger partial charge in [-0.25, -0.2) is 0 Å². The van der Waals surface area contributed by atoms with Gasteiger partial charge in [-0.05, 0) is 23.1 Å². The van der Waals surface area contributed by atoms with Crippen molar-refractivity contribution in [3.05, 3.63) is 65.7 Å². The zero-order valence-electron chi connectivity index (χ0n) is 15.3. The van der Waals surface area contributed by atoms with Crippen molar-refractivity contribution >= 4 is 5.69 Å². The summed E-state index contributed by atoms with van der Waals surface area (Å²) in [6.45, 7) is 10.5. The van der Waals surface area contributed by atoms with Crippen LogP contribution >= 0.6 is 0 Å². The van der Waals surface area contributed by atoms with Crippen molar-refractivity contribution in [2.24, 2.45) is 0 Å². The van der Waals surface area contributed by atoms with Gasteiger partial charge in [0.1, 0.15) is 6.54 Å². The van der Waals surface area contributed by atoms with Crippen LogP contribution in [0.3, 0.4) is 0 Å². The molecule has 0 atom stereocenters. The van der Waals surface area contributed by atoms with Gasteiger partial charge >= 0.3 is 0 Å². The molecule has 1 aliphatic heterocycles. The molecule has 0 aliphatic carbocycles. The number of likely N-dealkylation sites (tertiary alicyclic amines) is 1. The van der Waals surface area contributed by atoms with Crippen LogP contribution in [0.25, 0.3) is 0 Å². The number of hydrogen-bond donors (Lipinski definition) is 2. The monoisotopic (exact) mass is 323 g/mol. The molecule has 2 heteroatoms. The molecule has 0 bridgehead atoms. The van der Waals surface area contributed by atoms with Crippen LogP contribution < -0.4 is 10.2 Å². The Bertz CT molecular complexity index is 617. The Morgan fingerprint density at radius 3 is 2.12 bits per heavy atom. The van der Waals surface area contributed by atoms with Gasteiger partial charge in [-0.3, -0.25) is 0 Å². The van der Waals surface area contributed by atoms with E-state index in [2.05, 4.69) is 80.7 Å². The maximum Gasteiger partial charge on any atom is 0.103 e. The number of hydrogen-bond acceptors (Lipinski definition) is 1. The predicted octanol–water partition coefficient (Wildman–Crippen LogP) is 3.64. The largest absolute Gasteiger partial charge is 0.382 e. The standard InChI is InChI=1S/C22H30N2/c1-22(2,3)19-9-11-20(12-10-19)23-21-13-15-24(16-14-21)17-18-7-5-4-6-8-18/h4-12,21,23H,13-17H2,1-3H3/p+1. The van der Waals surface area contributed by atoms with Gasteiger partial charge in [0.25, 0.3) is 0 Å². The van der Waals surface area contributed by atoms with Gasteiger partial charge in [0.2, 0.25) is 0 Å². The van der Waals surface area contributed by atoms with Crippen LogP contribution in [0.2, 0.25) is 0 Å². The van der Waals surface area contributed by atoms with Crippen molar-refractivity contribution in [2.45, 2.75) is 51.6 Å². The molecule has 1 aliphatic rings. The first-order valence-corrected chi connectivity index (χ1v) is 9.25. The third kappa shape index (κ3) is 4.61. The molecular weight excluding hydrogens is 292 g/mol. The lowest BCUT2D eigenvalue weighted by molar-refractivity contribution is -0.918. The molecule has 0 spiro atoms. The molecule has 0 aromatic heterocycles. The Hall–Kier alpha value is -1.80. The summed E-state index contributed by atoms with van der Waals surface area (Å²) in [7, 11) is 0. The highest BCUT2D eigenvalue weighted by Crippen LogP contribution is 2.24. The van der Waals surface area contributed by atoms with E-state index in [0.717, 1.165) is 6.54 Å². The van der Waals surface area contributed by atoms with Crippen LogP contribution in [0.1, 0.15) is 44.7 Å². The molecule has 0 radical (unpaired) electrons. The summed E-state index contributed by atoms with van der Waals surface area (Å²) in [5.41, 5.74) is 4.34. The minimum absolute atomic E-state index is 0.227. The van der Waals surface area contributed by atoms with E-state index in [1.54, 1.807) is 4.90 Å². The fraction of sp³-hybridized carbons (Fsp3) is 0.455. The number of piperidine rings is 1. The zero-order chi connectivity index (χ0) is 17.0. The minimum atomic E-state index is 0.227. The lowest BCUT2D eigenvalue weighted by Crippen LogP contribution is -3.12. The average Bonchev–Trinajstić information content (AvgIpc) is 2.57. The van der Waals surface area contributed by atoms with E-state index in [4.69, 9.17) is 0 Å². The smallest absolute Gasteiger partial charge is 0.103 e. The van der Waals surface area contributed by atoms with Crippen LogP contribution in [0.15, 0.2) is 54.6 Å². The molecule has 2 nitrogen and oxygen atoms in total. The van der Waals surface area contributed by atoms with E-state index in [-0.39, 0.29) is 5.41 Å². The molecule has 128 valence electrons. The number of rotatable bonds is 4. The van der Waals surface area contributed by atoms with E-state index in [1.807, 2.05) is 0 Å². The van der Waals surface area contributed by atoms with Crippen LogP contribution in [0, 0.1) is 0 Å². The van der Waals surface area contributed by atoms with Crippen LogP contribution in [-0.4, -0.2) is 19.1 Å². The second kappa shape index (κ2) is 7.40. The molecule has 2 N–H and O–H groups in total. The zero-order valence-corrected chi connectivity index (χ0v) is 15.3. The SMILES string of the molecule is CC(C)(C)c1ccc(NC2CC[NH+](Cc3ccccc3)CC2)cc1. The fourth-order valence-electron chi connectivity index (χ4n) is 3.53. The van der Waals surface area contributed by atoms with Crippen LogP contribution in [0.4, 0.5) is 5.69 Å². The first-order chi connectivity index (χ1) is 11.5. The Kier molecular flexibility index (Phi) is 5.25. The molecule has 1 heterocycles. The summed E-state index contributed by atoms with van der Waals surface area (Å²) in [6.07, 6.45) is 2.51. The maximum absolute atomic E-state index is 3.73. The summed E-state index contributed by atoms with van der Waals surface area (Å²) >= 11 is 0. The molecular formula is C22H31N2+. The molecule has 0 amide bonds. The van der Waals surface area contributed by atoms with Crippen molar-refractivity contribution < 1.29 is 4.90 Å². The second-order valence-electron chi connectivity index (χ2n) is 8.16. The lowest BCUT2D eigenvalue weighted by Gasteiger charge is -2.30. The minimum Gasteiger partial charge on any atom is -0.382 e. The van der Waals surface area contributed by atoms with Crippen molar-refractivity contribution in [2.75, 3.05) is 18.4 Å². The third-order valence-electron chi connectivity index (χ3n) is 5.11. The highest BCUT2D eigenvalue weighted by Gasteiger charge is 2.22. The van der Waals surface area contributed by atoms with Crippen molar-refractivity contribution in [1.29, 1.82) is 0 Å². The van der Waals surface area contributed by atoms with Crippen molar-refractivity contribution in [3.8, 4) is 0 Å². The van der Waals surface area contributed by atoms with Crippen molar-refractivity contribution in [1.82, 2.24) is 0 Å². The van der Waals surface area contributed by atoms with E-state index >= 15 is 0 Å². The summed E-state index contributed by atoms with van der Waals surface area (Å²) in [5.74, 6) is 0. The Morgan fingerprint density at radius 1 is 0.917 bits per heavy atom. The summed E-state index contributed by atoms with van der Waals surface area (Å²) in [5, 5.41) is 3.73. The summed E-state index contributed by atoms with van der Waals surface area (Å²) < 4.78 is 0. The maximum atomic E-state index is 3.73. The first-order valence-electron chi connectivity index (χ1n) is 9.25. The van der Waals surface area contributed by atoms with E-state index in [0.29, 0.717) is 6.04 Å². The van der Waals surface area contributed by atoms with Gasteiger partial charge in [-0.15, -0.1) is 0 Å². The molecule has 0 saturated carbocycles. The highest BCUT2D eigenvalue weighted by atomic mass is 15.1. The van der Waals surface area contributed by atoms with Gasteiger partial charge in [-0.1, -0.05) is 63.2 Å². The molecule has 1 fully saturated rings. The third-order valence-corrected chi connectivity index (χ3v) is 5.11. The summed E-state index contributed by atoms with van der Waals surface area (Å²) in [6, 6.07) is 20.5. The van der Waals surface area contributed by atoms with Gasteiger partial charge in [0, 0.05) is 30.1 Å². The van der Waals surface area contributed by atoms with Crippen LogP contribution in [0.5, 0.6) is 0 Å². The lowest BCUT2D eigenvalue weighted by atomic mass is 9.87. The highest BCUT2D eigenvalue weighted by molar-refractivity contribution is 5.46. The van der Waals surface area contributed by atoms with Gasteiger partial charge < -0.3 is 10.2 Å². The van der Waals surface area contributed by atoms with E-state index in [1.165, 1.54) is 42.7 Å². The second-order valence-corrected chi connectivity index (χ2v) is 8.16. The topological polar surface area (TPSA) is 16.5 Å². The Balaban J connectivity index is 1.48. The molecule has 0 unspecified atom stereocenters. The molecule has 2 aromatic carbocycles. The van der Waals surface area contributed by atoms with Gasteiger partial charge in [-0.2, -0.15) is 0 Å². The Labute approximate surface area is 146 Å². The van der Waals surface area contributed by atoms with E-state index < -0.39 is 0 Å². The number of nitrogens with one attached hydrogen (secondary N) is 2. The molecule has 24 heavy (non-hydrogen) atoms. The summed E-state index contributed by atoms with van der Waals surface area (Å²) in [4.78, 5) is 1.71. The fourth-order valence-corrected chi connectivity index (χ4v) is 3.53. The molecule has 1 saturated heterocycles. The number of benzene rings is 2. The number of anilines is 1. The normalized spacial score (nSPS) is 21.5. The van der Waals surface area contributed by atoms with E-state index in [9.17, 15) is 0 Å². The molecule has 2 aromatic rings. The van der Waals surface area contributed by atoms with Crippen molar-refractivity contribution in [3.63, 3.8) is 0 Å². The quantitative estimate of drug-likeness (QED) is 0.878. The predicted molar refractivity (Wildman–Crippen MR) is 103 cm³/mol.